The van der Waals surface area contributed by atoms with Gasteiger partial charge in [0.1, 0.15) is 0 Å². The molecule has 1 aliphatic carbocycles. The maximum Gasteiger partial charge on any atom is 0.0649 e. The molecule has 4 heteroatoms. The van der Waals surface area contributed by atoms with Crippen molar-refractivity contribution in [1.29, 1.82) is 0 Å². The minimum absolute atomic E-state index is 0.275. The summed E-state index contributed by atoms with van der Waals surface area (Å²) < 4.78 is 5.71. The van der Waals surface area contributed by atoms with Crippen LogP contribution in [-0.2, 0) is 4.74 Å². The van der Waals surface area contributed by atoms with Crippen LogP contribution < -0.4 is 16.8 Å². The van der Waals surface area contributed by atoms with Crippen molar-refractivity contribution in [3.63, 3.8) is 0 Å². The number of hydrogen-bond donors (Lipinski definition) is 3. The van der Waals surface area contributed by atoms with E-state index in [0.717, 1.165) is 13.0 Å². The Bertz CT molecular complexity index is 276. The van der Waals surface area contributed by atoms with Gasteiger partial charge in [-0.1, -0.05) is 31.2 Å². The minimum atomic E-state index is -0.304. The first kappa shape index (κ1) is 15.4. The van der Waals surface area contributed by atoms with Crippen LogP contribution in [-0.4, -0.2) is 32.0 Å². The SMILES string of the molecule is CC1C=CC(COCC(C)NCC(N)N)C=CC1. The van der Waals surface area contributed by atoms with Crippen LogP contribution in [0.4, 0.5) is 0 Å². The Morgan fingerprint density at radius 2 is 2.11 bits per heavy atom. The van der Waals surface area contributed by atoms with Crippen LogP contribution in [0.2, 0.25) is 0 Å². The van der Waals surface area contributed by atoms with Gasteiger partial charge in [0.15, 0.2) is 0 Å². The van der Waals surface area contributed by atoms with E-state index in [2.05, 4.69) is 43.5 Å². The van der Waals surface area contributed by atoms with Crippen LogP contribution in [0, 0.1) is 11.8 Å². The highest BCUT2D eigenvalue weighted by Crippen LogP contribution is 2.14. The van der Waals surface area contributed by atoms with E-state index < -0.39 is 0 Å². The van der Waals surface area contributed by atoms with Crippen LogP contribution in [0.25, 0.3) is 0 Å². The highest BCUT2D eigenvalue weighted by molar-refractivity contribution is 5.07. The van der Waals surface area contributed by atoms with E-state index in [0.29, 0.717) is 25.0 Å². The van der Waals surface area contributed by atoms with Crippen LogP contribution in [0.15, 0.2) is 24.3 Å². The fraction of sp³-hybridized carbons (Fsp3) is 0.714. The molecule has 1 aliphatic rings. The van der Waals surface area contributed by atoms with Crippen LogP contribution in [0.1, 0.15) is 20.3 Å². The molecule has 0 aromatic heterocycles. The zero-order valence-corrected chi connectivity index (χ0v) is 11.5. The Morgan fingerprint density at radius 3 is 2.83 bits per heavy atom. The number of nitrogens with two attached hydrogens (primary N) is 2. The van der Waals surface area contributed by atoms with Crippen molar-refractivity contribution in [1.82, 2.24) is 5.32 Å². The topological polar surface area (TPSA) is 73.3 Å². The van der Waals surface area contributed by atoms with Crippen molar-refractivity contribution in [2.75, 3.05) is 19.8 Å². The van der Waals surface area contributed by atoms with Gasteiger partial charge in [-0.2, -0.15) is 0 Å². The number of rotatable bonds is 7. The average Bonchev–Trinajstić information content (AvgIpc) is 2.52. The van der Waals surface area contributed by atoms with Gasteiger partial charge in [0, 0.05) is 18.5 Å². The summed E-state index contributed by atoms with van der Waals surface area (Å²) in [5, 5.41) is 3.23. The summed E-state index contributed by atoms with van der Waals surface area (Å²) in [4.78, 5) is 0. The lowest BCUT2D eigenvalue weighted by Crippen LogP contribution is -2.45. The number of allylic oxidation sites excluding steroid dienone is 2. The fourth-order valence-electron chi connectivity index (χ4n) is 1.83. The van der Waals surface area contributed by atoms with Gasteiger partial charge in [0.25, 0.3) is 0 Å². The third-order valence-corrected chi connectivity index (χ3v) is 2.96. The molecule has 0 bridgehead atoms. The second kappa shape index (κ2) is 8.43. The lowest BCUT2D eigenvalue weighted by molar-refractivity contribution is 0.105. The maximum atomic E-state index is 5.71. The number of ether oxygens (including phenoxy) is 1. The van der Waals surface area contributed by atoms with Crippen LogP contribution >= 0.6 is 0 Å². The zero-order valence-electron chi connectivity index (χ0n) is 11.5. The maximum absolute atomic E-state index is 5.71. The zero-order chi connectivity index (χ0) is 13.4. The van der Waals surface area contributed by atoms with Gasteiger partial charge < -0.3 is 21.5 Å². The van der Waals surface area contributed by atoms with Crippen molar-refractivity contribution in [2.24, 2.45) is 23.3 Å². The van der Waals surface area contributed by atoms with Crippen molar-refractivity contribution in [2.45, 2.75) is 32.5 Å². The molecule has 0 fully saturated rings. The van der Waals surface area contributed by atoms with E-state index in [1.165, 1.54) is 0 Å². The predicted octanol–water partition coefficient (Wildman–Crippen LogP) is 0.993. The van der Waals surface area contributed by atoms with Crippen molar-refractivity contribution >= 4 is 0 Å². The highest BCUT2D eigenvalue weighted by atomic mass is 16.5. The molecule has 0 spiro atoms. The molecule has 0 aromatic carbocycles. The molecular weight excluding hydrogens is 226 g/mol. The Morgan fingerprint density at radius 1 is 1.33 bits per heavy atom. The summed E-state index contributed by atoms with van der Waals surface area (Å²) in [7, 11) is 0. The summed E-state index contributed by atoms with van der Waals surface area (Å²) in [6.07, 6.45) is 9.80. The van der Waals surface area contributed by atoms with Crippen molar-refractivity contribution in [3.05, 3.63) is 24.3 Å². The Kier molecular flexibility index (Phi) is 7.20. The molecule has 0 saturated heterocycles. The third kappa shape index (κ3) is 6.91. The van der Waals surface area contributed by atoms with Gasteiger partial charge in [0.05, 0.1) is 19.4 Å². The third-order valence-electron chi connectivity index (χ3n) is 2.96. The van der Waals surface area contributed by atoms with Gasteiger partial charge in [0.2, 0.25) is 0 Å². The molecule has 0 radical (unpaired) electrons. The normalized spacial score (nSPS) is 25.4. The molecule has 0 saturated carbocycles. The Balaban J connectivity index is 2.15. The van der Waals surface area contributed by atoms with Gasteiger partial charge >= 0.3 is 0 Å². The first-order chi connectivity index (χ1) is 8.58. The van der Waals surface area contributed by atoms with Crippen molar-refractivity contribution in [3.8, 4) is 0 Å². The number of nitrogens with one attached hydrogen (secondary N) is 1. The summed E-state index contributed by atoms with van der Waals surface area (Å²) in [6.45, 7) is 6.33. The summed E-state index contributed by atoms with van der Waals surface area (Å²) in [5.41, 5.74) is 10.9. The smallest absolute Gasteiger partial charge is 0.0649 e. The van der Waals surface area contributed by atoms with Crippen molar-refractivity contribution < 1.29 is 4.74 Å². The molecule has 1 rings (SSSR count). The summed E-state index contributed by atoms with van der Waals surface area (Å²) in [6, 6.07) is 0.275. The lowest BCUT2D eigenvalue weighted by atomic mass is 10.1. The van der Waals surface area contributed by atoms with Gasteiger partial charge in [-0.3, -0.25) is 0 Å². The quantitative estimate of drug-likeness (QED) is 0.467. The molecule has 4 nitrogen and oxygen atoms in total. The lowest BCUT2D eigenvalue weighted by Gasteiger charge is -2.16. The molecule has 104 valence electrons. The predicted molar refractivity (Wildman–Crippen MR) is 76.0 cm³/mol. The molecule has 0 amide bonds. The first-order valence-corrected chi connectivity index (χ1v) is 6.75. The summed E-state index contributed by atoms with van der Waals surface area (Å²) >= 11 is 0. The van der Waals surface area contributed by atoms with E-state index in [4.69, 9.17) is 16.2 Å². The fourth-order valence-corrected chi connectivity index (χ4v) is 1.83. The summed E-state index contributed by atoms with van der Waals surface area (Å²) in [5.74, 6) is 1.04. The molecule has 3 unspecified atom stereocenters. The van der Waals surface area contributed by atoms with E-state index in [1.54, 1.807) is 0 Å². The Labute approximate surface area is 110 Å². The monoisotopic (exact) mass is 253 g/mol. The van der Waals surface area contributed by atoms with E-state index in [1.807, 2.05) is 0 Å². The largest absolute Gasteiger partial charge is 0.379 e. The van der Waals surface area contributed by atoms with E-state index in [-0.39, 0.29) is 12.2 Å². The van der Waals surface area contributed by atoms with Gasteiger partial charge in [-0.05, 0) is 19.3 Å². The first-order valence-electron chi connectivity index (χ1n) is 6.75. The van der Waals surface area contributed by atoms with E-state index >= 15 is 0 Å². The molecule has 0 heterocycles. The number of hydrogen-bond acceptors (Lipinski definition) is 4. The second-order valence-corrected chi connectivity index (χ2v) is 5.20. The molecule has 18 heavy (non-hydrogen) atoms. The van der Waals surface area contributed by atoms with E-state index in [9.17, 15) is 0 Å². The Hall–Kier alpha value is -0.680. The highest BCUT2D eigenvalue weighted by Gasteiger charge is 2.07. The van der Waals surface area contributed by atoms with Crippen LogP contribution in [0.5, 0.6) is 0 Å². The standard InChI is InChI=1S/C14H27N3O/c1-11-4-3-5-13(7-6-11)10-18-9-12(2)17-8-14(15)16/h3,5-7,11-14,17H,4,8-10,15-16H2,1-2H3. The molecule has 0 aliphatic heterocycles. The second-order valence-electron chi connectivity index (χ2n) is 5.20. The molecule has 3 atom stereocenters. The molecular formula is C14H27N3O. The van der Waals surface area contributed by atoms with Crippen LogP contribution in [0.3, 0.4) is 0 Å². The van der Waals surface area contributed by atoms with Gasteiger partial charge in [-0.15, -0.1) is 0 Å². The average molecular weight is 253 g/mol. The molecule has 5 N–H and O–H groups in total. The van der Waals surface area contributed by atoms with Gasteiger partial charge in [-0.25, -0.2) is 0 Å². The molecule has 0 aromatic rings. The minimum Gasteiger partial charge on any atom is -0.379 e.